The fraction of sp³-hybridized carbons (Fsp3) is 0.318. The molecule has 0 radical (unpaired) electrons. The summed E-state index contributed by atoms with van der Waals surface area (Å²) in [5, 5.41) is 0.552. The SMILES string of the molecule is COC(=O)C(c1ccccc1Cl)N1CCN(Cc2cc(=O)n3ccccc3n2)CC1. The fourth-order valence-electron chi connectivity index (χ4n) is 3.87. The van der Waals surface area contributed by atoms with Gasteiger partial charge in [-0.2, -0.15) is 0 Å². The summed E-state index contributed by atoms with van der Waals surface area (Å²) in [4.78, 5) is 33.8. The Morgan fingerprint density at radius 1 is 1.13 bits per heavy atom. The van der Waals surface area contributed by atoms with Crippen molar-refractivity contribution in [2.24, 2.45) is 0 Å². The molecule has 30 heavy (non-hydrogen) atoms. The summed E-state index contributed by atoms with van der Waals surface area (Å²) in [5.41, 5.74) is 2.06. The van der Waals surface area contributed by atoms with Crippen molar-refractivity contribution in [2.75, 3.05) is 33.3 Å². The predicted octanol–water partition coefficient (Wildman–Crippen LogP) is 2.38. The van der Waals surface area contributed by atoms with Crippen LogP contribution in [0.5, 0.6) is 0 Å². The van der Waals surface area contributed by atoms with E-state index in [0.29, 0.717) is 30.3 Å². The summed E-state index contributed by atoms with van der Waals surface area (Å²) in [6.07, 6.45) is 1.72. The number of hydrogen-bond acceptors (Lipinski definition) is 6. The van der Waals surface area contributed by atoms with Gasteiger partial charge in [0.05, 0.1) is 12.8 Å². The van der Waals surface area contributed by atoms with Crippen molar-refractivity contribution in [1.82, 2.24) is 19.2 Å². The first-order valence-electron chi connectivity index (χ1n) is 9.83. The van der Waals surface area contributed by atoms with Gasteiger partial charge < -0.3 is 4.74 Å². The number of halogens is 1. The van der Waals surface area contributed by atoms with Crippen LogP contribution in [0.15, 0.2) is 59.5 Å². The van der Waals surface area contributed by atoms with Crippen LogP contribution in [0.25, 0.3) is 5.65 Å². The lowest BCUT2D eigenvalue weighted by Crippen LogP contribution is -2.49. The third kappa shape index (κ3) is 4.23. The number of pyridine rings is 1. The Kier molecular flexibility index (Phi) is 6.13. The summed E-state index contributed by atoms with van der Waals surface area (Å²) < 4.78 is 6.59. The predicted molar refractivity (Wildman–Crippen MR) is 115 cm³/mol. The molecule has 0 saturated carbocycles. The average molecular weight is 427 g/mol. The van der Waals surface area contributed by atoms with Crippen LogP contribution in [0.3, 0.4) is 0 Å². The van der Waals surface area contributed by atoms with Crippen LogP contribution in [0.4, 0.5) is 0 Å². The lowest BCUT2D eigenvalue weighted by molar-refractivity contribution is -0.148. The van der Waals surface area contributed by atoms with Crippen LogP contribution >= 0.6 is 11.6 Å². The minimum Gasteiger partial charge on any atom is -0.468 e. The van der Waals surface area contributed by atoms with Gasteiger partial charge in [-0.05, 0) is 23.8 Å². The van der Waals surface area contributed by atoms with E-state index in [9.17, 15) is 9.59 Å². The zero-order chi connectivity index (χ0) is 21.1. The summed E-state index contributed by atoms with van der Waals surface area (Å²) in [6.45, 7) is 3.43. The van der Waals surface area contributed by atoms with Crippen molar-refractivity contribution < 1.29 is 9.53 Å². The highest BCUT2D eigenvalue weighted by molar-refractivity contribution is 6.31. The van der Waals surface area contributed by atoms with Gasteiger partial charge in [-0.3, -0.25) is 19.0 Å². The number of nitrogens with zero attached hydrogens (tertiary/aromatic N) is 4. The highest BCUT2D eigenvalue weighted by atomic mass is 35.5. The summed E-state index contributed by atoms with van der Waals surface area (Å²) in [5.74, 6) is -0.319. The summed E-state index contributed by atoms with van der Waals surface area (Å²) >= 11 is 6.35. The smallest absolute Gasteiger partial charge is 0.327 e. The first kappa shape index (κ1) is 20.5. The van der Waals surface area contributed by atoms with Gasteiger partial charge in [-0.15, -0.1) is 0 Å². The van der Waals surface area contributed by atoms with Crippen LogP contribution in [-0.4, -0.2) is 58.4 Å². The van der Waals surface area contributed by atoms with E-state index in [1.807, 2.05) is 36.4 Å². The number of fused-ring (bicyclic) bond motifs is 1. The van der Waals surface area contributed by atoms with E-state index >= 15 is 0 Å². The van der Waals surface area contributed by atoms with Crippen molar-refractivity contribution in [2.45, 2.75) is 12.6 Å². The first-order chi connectivity index (χ1) is 14.6. The fourth-order valence-corrected chi connectivity index (χ4v) is 4.11. The molecule has 3 aromatic rings. The Bertz CT molecular complexity index is 1110. The van der Waals surface area contributed by atoms with Gasteiger partial charge in [0.1, 0.15) is 11.7 Å². The largest absolute Gasteiger partial charge is 0.468 e. The van der Waals surface area contributed by atoms with Crippen LogP contribution in [0, 0.1) is 0 Å². The minimum atomic E-state index is -0.533. The van der Waals surface area contributed by atoms with E-state index in [2.05, 4.69) is 14.8 Å². The number of carbonyl (C=O) groups excluding carboxylic acids is 1. The second-order valence-corrected chi connectivity index (χ2v) is 7.68. The normalized spacial score (nSPS) is 16.5. The number of carbonyl (C=O) groups is 1. The third-order valence-electron chi connectivity index (χ3n) is 5.41. The third-order valence-corrected chi connectivity index (χ3v) is 5.75. The second kappa shape index (κ2) is 8.95. The van der Waals surface area contributed by atoms with E-state index in [-0.39, 0.29) is 11.5 Å². The number of esters is 1. The molecule has 8 heteroatoms. The number of aromatic nitrogens is 2. The van der Waals surface area contributed by atoms with Crippen molar-refractivity contribution in [3.8, 4) is 0 Å². The number of benzene rings is 1. The number of hydrogen-bond donors (Lipinski definition) is 0. The van der Waals surface area contributed by atoms with Gasteiger partial charge in [0.25, 0.3) is 5.56 Å². The minimum absolute atomic E-state index is 0.0845. The molecule has 0 spiro atoms. The summed E-state index contributed by atoms with van der Waals surface area (Å²) in [7, 11) is 1.40. The van der Waals surface area contributed by atoms with E-state index in [0.717, 1.165) is 24.3 Å². The molecule has 1 aromatic carbocycles. The van der Waals surface area contributed by atoms with Gasteiger partial charge in [-0.1, -0.05) is 35.9 Å². The van der Waals surface area contributed by atoms with Gasteiger partial charge in [0.2, 0.25) is 0 Å². The topological polar surface area (TPSA) is 67.2 Å². The van der Waals surface area contributed by atoms with Crippen LogP contribution in [0.2, 0.25) is 5.02 Å². The molecule has 3 heterocycles. The Morgan fingerprint density at radius 2 is 1.87 bits per heavy atom. The molecule has 4 rings (SSSR count). The molecule has 7 nitrogen and oxygen atoms in total. The molecule has 1 saturated heterocycles. The van der Waals surface area contributed by atoms with E-state index < -0.39 is 6.04 Å². The van der Waals surface area contributed by atoms with Crippen molar-refractivity contribution >= 4 is 23.2 Å². The van der Waals surface area contributed by atoms with Gasteiger partial charge in [0.15, 0.2) is 0 Å². The monoisotopic (exact) mass is 426 g/mol. The van der Waals surface area contributed by atoms with Crippen LogP contribution in [-0.2, 0) is 16.1 Å². The number of piperazine rings is 1. The van der Waals surface area contributed by atoms with E-state index in [1.165, 1.54) is 11.5 Å². The van der Waals surface area contributed by atoms with Gasteiger partial charge in [-0.25, -0.2) is 9.78 Å². The number of rotatable bonds is 5. The van der Waals surface area contributed by atoms with Crippen molar-refractivity contribution in [3.63, 3.8) is 0 Å². The molecule has 1 aliphatic rings. The molecular formula is C22H23ClN4O3. The molecule has 0 N–H and O–H groups in total. The van der Waals surface area contributed by atoms with Crippen LogP contribution < -0.4 is 5.56 Å². The highest BCUT2D eigenvalue weighted by Gasteiger charge is 2.32. The second-order valence-electron chi connectivity index (χ2n) is 7.27. The average Bonchev–Trinajstić information content (AvgIpc) is 2.76. The molecule has 1 aliphatic heterocycles. The molecule has 0 aliphatic carbocycles. The molecular weight excluding hydrogens is 404 g/mol. The number of methoxy groups -OCH3 is 1. The molecule has 1 fully saturated rings. The lowest BCUT2D eigenvalue weighted by Gasteiger charge is -2.38. The summed E-state index contributed by atoms with van der Waals surface area (Å²) in [6, 6.07) is 13.9. The maximum absolute atomic E-state index is 12.5. The maximum Gasteiger partial charge on any atom is 0.327 e. The molecule has 156 valence electrons. The zero-order valence-corrected chi connectivity index (χ0v) is 17.5. The lowest BCUT2D eigenvalue weighted by atomic mass is 10.0. The molecule has 0 bridgehead atoms. The van der Waals surface area contributed by atoms with Gasteiger partial charge >= 0.3 is 5.97 Å². The Balaban J connectivity index is 1.47. The van der Waals surface area contributed by atoms with Crippen LogP contribution in [0.1, 0.15) is 17.3 Å². The van der Waals surface area contributed by atoms with Crippen molar-refractivity contribution in [1.29, 1.82) is 0 Å². The molecule has 0 amide bonds. The zero-order valence-electron chi connectivity index (χ0n) is 16.7. The number of ether oxygens (including phenoxy) is 1. The maximum atomic E-state index is 12.5. The van der Waals surface area contributed by atoms with E-state index in [1.54, 1.807) is 18.3 Å². The molecule has 1 atom stereocenters. The standard InChI is InChI=1S/C22H23ClN4O3/c1-30-22(29)21(17-6-2-3-7-18(17)23)26-12-10-25(11-13-26)15-16-14-20(28)27-9-5-4-8-19(27)24-16/h2-9,14,21H,10-13,15H2,1H3. The highest BCUT2D eigenvalue weighted by Crippen LogP contribution is 2.29. The Morgan fingerprint density at radius 3 is 2.60 bits per heavy atom. The Labute approximate surface area is 179 Å². The first-order valence-corrected chi connectivity index (χ1v) is 10.2. The molecule has 2 aromatic heterocycles. The molecule has 1 unspecified atom stereocenters. The van der Waals surface area contributed by atoms with E-state index in [4.69, 9.17) is 16.3 Å². The van der Waals surface area contributed by atoms with Crippen molar-refractivity contribution in [3.05, 3.63) is 81.4 Å². The quantitative estimate of drug-likeness (QED) is 0.583. The Hall–Kier alpha value is -2.74. The van der Waals surface area contributed by atoms with Gasteiger partial charge in [0, 0.05) is 50.0 Å².